The van der Waals surface area contributed by atoms with Crippen LogP contribution >= 0.6 is 0 Å². The number of nitrogens with two attached hydrogens (primary N) is 2. The van der Waals surface area contributed by atoms with E-state index in [-0.39, 0.29) is 50.0 Å². The average Bonchev–Trinajstić information content (AvgIpc) is 2.93. The summed E-state index contributed by atoms with van der Waals surface area (Å²) in [5.41, 5.74) is 5.17. The van der Waals surface area contributed by atoms with Gasteiger partial charge in [-0.1, -0.05) is 90.1 Å². The number of hydrogen-bond acceptors (Lipinski definition) is 7. The van der Waals surface area contributed by atoms with Crippen molar-refractivity contribution in [2.24, 2.45) is 11.7 Å². The minimum Gasteiger partial charge on any atom is -0.495 e. The van der Waals surface area contributed by atoms with Crippen LogP contribution in [-0.2, 0) is 10.8 Å². The first-order chi connectivity index (χ1) is 18.6. The summed E-state index contributed by atoms with van der Waals surface area (Å²) < 4.78 is 5.48. The number of methoxy groups -OCH3 is 1. The van der Waals surface area contributed by atoms with Crippen LogP contribution in [0.5, 0.6) is 5.75 Å². The Morgan fingerprint density at radius 3 is 1.43 bits per heavy atom. The minimum atomic E-state index is -0.901. The third kappa shape index (κ3) is 5.95. The first-order valence-electron chi connectivity index (χ1n) is 12.7. The molecule has 9 heteroatoms. The molecule has 40 heavy (non-hydrogen) atoms. The van der Waals surface area contributed by atoms with Crippen molar-refractivity contribution in [3.63, 3.8) is 0 Å². The quantitative estimate of drug-likeness (QED) is 0.152. The Morgan fingerprint density at radius 1 is 0.625 bits per heavy atom. The SMILES string of the molecule is COc1c(C(=O)NN)cc(C(=O)c2ccc(C(C)(C)C)cc2)c(C(=O)NN)c1C(=O)c1ccc(C(C)(C)C)cc1. The molecule has 0 aromatic heterocycles. The molecule has 0 unspecified atom stereocenters. The van der Waals surface area contributed by atoms with Gasteiger partial charge < -0.3 is 4.74 Å². The van der Waals surface area contributed by atoms with Gasteiger partial charge >= 0.3 is 0 Å². The van der Waals surface area contributed by atoms with Crippen LogP contribution in [0.4, 0.5) is 0 Å². The maximum atomic E-state index is 14.0. The predicted octanol–water partition coefficient (Wildman–Crippen LogP) is 3.96. The molecule has 9 nitrogen and oxygen atoms in total. The molecule has 0 atom stereocenters. The zero-order chi connectivity index (χ0) is 30.0. The number of ether oxygens (including phenoxy) is 1. The molecule has 0 fully saturated rings. The Balaban J connectivity index is 2.34. The van der Waals surface area contributed by atoms with Crippen molar-refractivity contribution in [3.8, 4) is 5.75 Å². The Bertz CT molecular complexity index is 1460. The summed E-state index contributed by atoms with van der Waals surface area (Å²) >= 11 is 0. The van der Waals surface area contributed by atoms with E-state index >= 15 is 0 Å². The van der Waals surface area contributed by atoms with Gasteiger partial charge in [0.25, 0.3) is 11.8 Å². The van der Waals surface area contributed by atoms with Crippen molar-refractivity contribution in [2.45, 2.75) is 52.4 Å². The lowest BCUT2D eigenvalue weighted by Gasteiger charge is -2.21. The van der Waals surface area contributed by atoms with Crippen molar-refractivity contribution in [2.75, 3.05) is 7.11 Å². The zero-order valence-corrected chi connectivity index (χ0v) is 23.9. The zero-order valence-electron chi connectivity index (χ0n) is 23.9. The molecule has 0 heterocycles. The molecule has 3 rings (SSSR count). The largest absolute Gasteiger partial charge is 0.495 e. The summed E-state index contributed by atoms with van der Waals surface area (Å²) in [5, 5.41) is 0. The van der Waals surface area contributed by atoms with Gasteiger partial charge in [-0.05, 0) is 28.0 Å². The summed E-state index contributed by atoms with van der Waals surface area (Å²) in [5.74, 6) is 7.76. The molecule has 0 saturated heterocycles. The van der Waals surface area contributed by atoms with Gasteiger partial charge in [0.05, 0.1) is 23.8 Å². The highest BCUT2D eigenvalue weighted by Crippen LogP contribution is 2.35. The predicted molar refractivity (Wildman–Crippen MR) is 153 cm³/mol. The molecular formula is C31H36N4O5. The van der Waals surface area contributed by atoms with Gasteiger partial charge in [0.15, 0.2) is 11.6 Å². The summed E-state index contributed by atoms with van der Waals surface area (Å²) in [4.78, 5) is 53.8. The summed E-state index contributed by atoms with van der Waals surface area (Å²) in [6, 6.07) is 14.9. The second-order valence-electron chi connectivity index (χ2n) is 11.5. The van der Waals surface area contributed by atoms with Crippen LogP contribution in [0.2, 0.25) is 0 Å². The molecule has 0 aliphatic rings. The van der Waals surface area contributed by atoms with Gasteiger partial charge in [-0.2, -0.15) is 0 Å². The third-order valence-electron chi connectivity index (χ3n) is 6.72. The van der Waals surface area contributed by atoms with Crippen LogP contribution in [0.3, 0.4) is 0 Å². The topological polar surface area (TPSA) is 154 Å². The second kappa shape index (κ2) is 11.4. The minimum absolute atomic E-state index is 0.152. The molecular weight excluding hydrogens is 508 g/mol. The Labute approximate surface area is 234 Å². The number of rotatable bonds is 7. The number of ketones is 2. The van der Waals surface area contributed by atoms with E-state index in [0.717, 1.165) is 11.1 Å². The molecule has 3 aromatic carbocycles. The standard InChI is InChI=1S/C31H36N4O5/c1-30(2,3)19-12-8-17(9-13-19)25(36)21-16-22(28(38)34-32)27(40-7)24(23(21)29(39)35-33)26(37)18-10-14-20(15-11-18)31(4,5)6/h8-16H,32-33H2,1-7H3,(H,34,38)(H,35,39). The highest BCUT2D eigenvalue weighted by atomic mass is 16.5. The fraction of sp³-hybridized carbons (Fsp3) is 0.290. The molecule has 210 valence electrons. The molecule has 6 N–H and O–H groups in total. The molecule has 2 amide bonds. The van der Waals surface area contributed by atoms with Gasteiger partial charge in [-0.15, -0.1) is 0 Å². The number of amides is 2. The van der Waals surface area contributed by atoms with E-state index in [2.05, 4.69) is 0 Å². The lowest BCUT2D eigenvalue weighted by molar-refractivity contribution is 0.0926. The number of nitrogen functional groups attached to an aromatic ring is 2. The van der Waals surface area contributed by atoms with Crippen molar-refractivity contribution < 1.29 is 23.9 Å². The number of carbonyl (C=O) groups excluding carboxylic acids is 4. The van der Waals surface area contributed by atoms with E-state index in [4.69, 9.17) is 16.4 Å². The van der Waals surface area contributed by atoms with Gasteiger partial charge in [0.1, 0.15) is 5.75 Å². The normalized spacial score (nSPS) is 11.5. The van der Waals surface area contributed by atoms with Crippen LogP contribution in [0, 0.1) is 0 Å². The van der Waals surface area contributed by atoms with E-state index < -0.39 is 23.4 Å². The Hall–Kier alpha value is -4.34. The second-order valence-corrected chi connectivity index (χ2v) is 11.5. The third-order valence-corrected chi connectivity index (χ3v) is 6.72. The van der Waals surface area contributed by atoms with Gasteiger partial charge in [-0.25, -0.2) is 11.7 Å². The summed E-state index contributed by atoms with van der Waals surface area (Å²) in [6.07, 6.45) is 0. The van der Waals surface area contributed by atoms with E-state index in [1.165, 1.54) is 13.2 Å². The fourth-order valence-corrected chi connectivity index (χ4v) is 4.37. The molecule has 0 aliphatic carbocycles. The molecule has 0 bridgehead atoms. The number of benzene rings is 3. The number of hydrogen-bond donors (Lipinski definition) is 4. The van der Waals surface area contributed by atoms with Crippen molar-refractivity contribution >= 4 is 23.4 Å². The Morgan fingerprint density at radius 2 is 1.05 bits per heavy atom. The molecule has 0 radical (unpaired) electrons. The van der Waals surface area contributed by atoms with E-state index in [0.29, 0.717) is 0 Å². The summed E-state index contributed by atoms with van der Waals surface area (Å²) in [6.45, 7) is 12.2. The van der Waals surface area contributed by atoms with Gasteiger partial charge in [-0.3, -0.25) is 30.0 Å². The molecule has 0 aliphatic heterocycles. The highest BCUT2D eigenvalue weighted by Gasteiger charge is 2.33. The lowest BCUT2D eigenvalue weighted by Crippen LogP contribution is -2.35. The first-order valence-corrected chi connectivity index (χ1v) is 12.7. The molecule has 3 aromatic rings. The van der Waals surface area contributed by atoms with Crippen LogP contribution in [0.25, 0.3) is 0 Å². The van der Waals surface area contributed by atoms with Crippen molar-refractivity contribution in [1.82, 2.24) is 10.9 Å². The fourth-order valence-electron chi connectivity index (χ4n) is 4.37. The van der Waals surface area contributed by atoms with Crippen molar-refractivity contribution in [3.05, 3.63) is 99.1 Å². The maximum absolute atomic E-state index is 14.0. The monoisotopic (exact) mass is 544 g/mol. The smallest absolute Gasteiger partial charge is 0.268 e. The van der Waals surface area contributed by atoms with Crippen LogP contribution in [-0.4, -0.2) is 30.5 Å². The summed E-state index contributed by atoms with van der Waals surface area (Å²) in [7, 11) is 1.25. The van der Waals surface area contributed by atoms with Crippen molar-refractivity contribution in [1.29, 1.82) is 0 Å². The molecule has 0 saturated carbocycles. The maximum Gasteiger partial charge on any atom is 0.268 e. The highest BCUT2D eigenvalue weighted by molar-refractivity contribution is 6.24. The van der Waals surface area contributed by atoms with Crippen LogP contribution < -0.4 is 27.3 Å². The van der Waals surface area contributed by atoms with Gasteiger partial charge in [0.2, 0.25) is 0 Å². The lowest BCUT2D eigenvalue weighted by atomic mass is 9.84. The number of nitrogens with one attached hydrogen (secondary N) is 2. The van der Waals surface area contributed by atoms with Crippen LogP contribution in [0.1, 0.15) is 105 Å². The van der Waals surface area contributed by atoms with E-state index in [1.54, 1.807) is 24.3 Å². The average molecular weight is 545 g/mol. The molecule has 0 spiro atoms. The van der Waals surface area contributed by atoms with E-state index in [9.17, 15) is 19.2 Å². The number of hydrazine groups is 2. The van der Waals surface area contributed by atoms with Gasteiger partial charge in [0, 0.05) is 16.7 Å². The first kappa shape index (κ1) is 30.2. The van der Waals surface area contributed by atoms with Crippen LogP contribution in [0.15, 0.2) is 54.6 Å². The van der Waals surface area contributed by atoms with E-state index in [1.807, 2.05) is 76.7 Å². The Kier molecular flexibility index (Phi) is 8.62. The number of carbonyl (C=O) groups is 4.